The molecule has 0 atom stereocenters. The van der Waals surface area contributed by atoms with Crippen LogP contribution in [0.25, 0.3) is 22.2 Å². The van der Waals surface area contributed by atoms with Crippen molar-refractivity contribution in [2.24, 2.45) is 0 Å². The predicted molar refractivity (Wildman–Crippen MR) is 118 cm³/mol. The molecular weight excluding hydrogens is 340 g/mol. The molecule has 1 aliphatic heterocycles. The second-order valence-electron chi connectivity index (χ2n) is 7.59. The first-order valence-electron chi connectivity index (χ1n) is 10.1. The molecular formula is C26H24N2. The molecule has 5 rings (SSSR count). The third-order valence-corrected chi connectivity index (χ3v) is 5.86. The number of piperidine rings is 1. The Balaban J connectivity index is 1.50. The van der Waals surface area contributed by atoms with Crippen molar-refractivity contribution in [3.63, 3.8) is 0 Å². The third kappa shape index (κ3) is 3.27. The Hall–Kier alpha value is -3.13. The Morgan fingerprint density at radius 3 is 2.11 bits per heavy atom. The fraction of sp³-hybridized carbons (Fsp3) is 0.192. The van der Waals surface area contributed by atoms with Gasteiger partial charge in [-0.15, -0.1) is 0 Å². The summed E-state index contributed by atoms with van der Waals surface area (Å²) in [5, 5.41) is 1.21. The van der Waals surface area contributed by atoms with Crippen molar-refractivity contribution >= 4 is 16.6 Å². The lowest BCUT2D eigenvalue weighted by molar-refractivity contribution is 0.505. The van der Waals surface area contributed by atoms with Gasteiger partial charge in [-0.3, -0.25) is 0 Å². The summed E-state index contributed by atoms with van der Waals surface area (Å²) < 4.78 is 0. The minimum absolute atomic E-state index is 0.658. The second-order valence-corrected chi connectivity index (χ2v) is 7.59. The molecule has 2 nitrogen and oxygen atoms in total. The second kappa shape index (κ2) is 7.47. The van der Waals surface area contributed by atoms with Crippen LogP contribution in [0.15, 0.2) is 91.0 Å². The van der Waals surface area contributed by atoms with E-state index in [1.807, 2.05) is 0 Å². The molecule has 0 unspecified atom stereocenters. The molecule has 0 N–H and O–H groups in total. The quantitative estimate of drug-likeness (QED) is 0.425. The molecule has 4 aromatic rings. The molecule has 0 radical (unpaired) electrons. The summed E-state index contributed by atoms with van der Waals surface area (Å²) in [7, 11) is 0. The zero-order valence-electron chi connectivity index (χ0n) is 16.0. The summed E-state index contributed by atoms with van der Waals surface area (Å²) in [5.74, 6) is 0.658. The van der Waals surface area contributed by atoms with Crippen LogP contribution in [-0.4, -0.2) is 18.1 Å². The fourth-order valence-corrected chi connectivity index (χ4v) is 4.33. The van der Waals surface area contributed by atoms with Gasteiger partial charge in [-0.05, 0) is 36.5 Å². The largest absolute Gasteiger partial charge is 0.370 e. The van der Waals surface area contributed by atoms with Crippen LogP contribution in [0.4, 0.5) is 5.69 Å². The monoisotopic (exact) mass is 364 g/mol. The molecule has 1 aliphatic rings. The Labute approximate surface area is 166 Å². The van der Waals surface area contributed by atoms with Gasteiger partial charge in [0.2, 0.25) is 0 Å². The molecule has 2 heteroatoms. The van der Waals surface area contributed by atoms with E-state index in [0.29, 0.717) is 5.92 Å². The van der Waals surface area contributed by atoms with Gasteiger partial charge in [0.15, 0.2) is 0 Å². The molecule has 28 heavy (non-hydrogen) atoms. The van der Waals surface area contributed by atoms with Crippen LogP contribution >= 0.6 is 0 Å². The van der Waals surface area contributed by atoms with Crippen molar-refractivity contribution < 1.29 is 0 Å². The van der Waals surface area contributed by atoms with Crippen LogP contribution in [0.3, 0.4) is 0 Å². The lowest BCUT2D eigenvalue weighted by Gasteiger charge is -2.35. The maximum Gasteiger partial charge on any atom is 0.0943 e. The summed E-state index contributed by atoms with van der Waals surface area (Å²) in [6, 6.07) is 32.3. The molecule has 1 saturated heterocycles. The van der Waals surface area contributed by atoms with Crippen molar-refractivity contribution in [2.45, 2.75) is 18.8 Å². The number of anilines is 1. The smallest absolute Gasteiger partial charge is 0.0943 e. The Kier molecular flexibility index (Phi) is 4.54. The van der Waals surface area contributed by atoms with Gasteiger partial charge in [0, 0.05) is 24.0 Å². The molecule has 3 aromatic carbocycles. The van der Waals surface area contributed by atoms with E-state index >= 15 is 0 Å². The molecule has 0 saturated carbocycles. The van der Waals surface area contributed by atoms with Gasteiger partial charge in [-0.2, -0.15) is 0 Å². The number of rotatable bonds is 3. The van der Waals surface area contributed by atoms with E-state index in [1.54, 1.807) is 0 Å². The molecule has 0 bridgehead atoms. The summed E-state index contributed by atoms with van der Waals surface area (Å²) in [6.07, 6.45) is 2.37. The minimum Gasteiger partial charge on any atom is -0.370 e. The average molecular weight is 364 g/mol. The van der Waals surface area contributed by atoms with Gasteiger partial charge in [0.25, 0.3) is 0 Å². The van der Waals surface area contributed by atoms with Crippen molar-refractivity contribution in [1.29, 1.82) is 0 Å². The first-order valence-corrected chi connectivity index (χ1v) is 10.1. The highest BCUT2D eigenvalue weighted by atomic mass is 15.1. The first-order chi connectivity index (χ1) is 13.9. The molecule has 1 fully saturated rings. The molecule has 2 heterocycles. The first kappa shape index (κ1) is 17.0. The standard InChI is InChI=1S/C26H24N2/c1-3-9-20(10-4-1)21-15-17-28(18-16-21)25-19-23-13-7-8-14-24(23)27-26(25)22-11-5-2-6-12-22/h1-14,19,21H,15-18H2. The molecule has 138 valence electrons. The number of aromatic nitrogens is 1. The molecule has 0 amide bonds. The summed E-state index contributed by atoms with van der Waals surface area (Å²) in [5.41, 5.74) is 6.08. The van der Waals surface area contributed by atoms with Crippen molar-refractivity contribution in [2.75, 3.05) is 18.0 Å². The maximum atomic E-state index is 5.06. The number of hydrogen-bond acceptors (Lipinski definition) is 2. The highest BCUT2D eigenvalue weighted by Crippen LogP contribution is 2.36. The molecule has 1 aromatic heterocycles. The van der Waals surface area contributed by atoms with Gasteiger partial charge in [0.05, 0.1) is 16.9 Å². The van der Waals surface area contributed by atoms with Gasteiger partial charge in [-0.1, -0.05) is 78.9 Å². The van der Waals surface area contributed by atoms with Gasteiger partial charge >= 0.3 is 0 Å². The number of pyridine rings is 1. The Morgan fingerprint density at radius 1 is 0.714 bits per heavy atom. The van der Waals surface area contributed by atoms with Crippen molar-refractivity contribution in [3.8, 4) is 11.3 Å². The molecule has 0 aliphatic carbocycles. The predicted octanol–water partition coefficient (Wildman–Crippen LogP) is 6.29. The van der Waals surface area contributed by atoms with Gasteiger partial charge in [-0.25, -0.2) is 4.98 Å². The summed E-state index contributed by atoms with van der Waals surface area (Å²) in [6.45, 7) is 2.14. The van der Waals surface area contributed by atoms with E-state index in [2.05, 4.69) is 95.9 Å². The van der Waals surface area contributed by atoms with E-state index in [0.717, 1.165) is 24.3 Å². The van der Waals surface area contributed by atoms with Crippen LogP contribution in [-0.2, 0) is 0 Å². The zero-order valence-corrected chi connectivity index (χ0v) is 16.0. The zero-order chi connectivity index (χ0) is 18.8. The number of hydrogen-bond donors (Lipinski definition) is 0. The van der Waals surface area contributed by atoms with Crippen molar-refractivity contribution in [3.05, 3.63) is 96.6 Å². The van der Waals surface area contributed by atoms with Crippen LogP contribution in [0.1, 0.15) is 24.3 Å². The van der Waals surface area contributed by atoms with Crippen LogP contribution < -0.4 is 4.90 Å². The van der Waals surface area contributed by atoms with E-state index in [9.17, 15) is 0 Å². The third-order valence-electron chi connectivity index (χ3n) is 5.86. The molecule has 0 spiro atoms. The highest BCUT2D eigenvalue weighted by Gasteiger charge is 2.23. The van der Waals surface area contributed by atoms with Crippen LogP contribution in [0.5, 0.6) is 0 Å². The van der Waals surface area contributed by atoms with E-state index in [-0.39, 0.29) is 0 Å². The summed E-state index contributed by atoms with van der Waals surface area (Å²) in [4.78, 5) is 7.59. The Bertz CT molecular complexity index is 1070. The van der Waals surface area contributed by atoms with Gasteiger partial charge in [0.1, 0.15) is 0 Å². The lowest BCUT2D eigenvalue weighted by atomic mass is 9.89. The van der Waals surface area contributed by atoms with Crippen LogP contribution in [0, 0.1) is 0 Å². The number of nitrogens with zero attached hydrogens (tertiary/aromatic N) is 2. The topological polar surface area (TPSA) is 16.1 Å². The minimum atomic E-state index is 0.658. The average Bonchev–Trinajstić information content (AvgIpc) is 2.79. The summed E-state index contributed by atoms with van der Waals surface area (Å²) >= 11 is 0. The van der Waals surface area contributed by atoms with E-state index in [1.165, 1.54) is 35.0 Å². The lowest BCUT2D eigenvalue weighted by Crippen LogP contribution is -2.33. The number of para-hydroxylation sites is 1. The van der Waals surface area contributed by atoms with Crippen LogP contribution in [0.2, 0.25) is 0 Å². The van der Waals surface area contributed by atoms with E-state index in [4.69, 9.17) is 4.98 Å². The normalized spacial score (nSPS) is 15.1. The fourth-order valence-electron chi connectivity index (χ4n) is 4.33. The highest BCUT2D eigenvalue weighted by molar-refractivity contribution is 5.89. The number of fused-ring (bicyclic) bond motifs is 1. The maximum absolute atomic E-state index is 5.06. The van der Waals surface area contributed by atoms with Crippen molar-refractivity contribution in [1.82, 2.24) is 4.98 Å². The van der Waals surface area contributed by atoms with Gasteiger partial charge < -0.3 is 4.90 Å². The SMILES string of the molecule is c1ccc(-c2nc3ccccc3cc2N2CCC(c3ccccc3)CC2)cc1. The number of benzene rings is 3. The van der Waals surface area contributed by atoms with E-state index < -0.39 is 0 Å². The Morgan fingerprint density at radius 2 is 1.36 bits per heavy atom.